The number of urea groups is 1. The van der Waals surface area contributed by atoms with Crippen LogP contribution < -0.4 is 11.1 Å². The Morgan fingerprint density at radius 2 is 1.79 bits per heavy atom. The molecule has 1 saturated heterocycles. The number of benzene rings is 2. The van der Waals surface area contributed by atoms with Crippen LogP contribution in [0.25, 0.3) is 11.1 Å². The number of carbonyl (C=O) groups is 1. The zero-order valence-corrected chi connectivity index (χ0v) is 16.4. The van der Waals surface area contributed by atoms with Crippen molar-refractivity contribution in [3.8, 4) is 11.1 Å². The Balaban J connectivity index is 1.35. The number of amides is 2. The van der Waals surface area contributed by atoms with E-state index in [-0.39, 0.29) is 6.03 Å². The van der Waals surface area contributed by atoms with Crippen LogP contribution in [0, 0.1) is 5.92 Å². The molecule has 3 aromatic rings. The Morgan fingerprint density at radius 1 is 1.07 bits per heavy atom. The summed E-state index contributed by atoms with van der Waals surface area (Å²) in [6.07, 6.45) is 3.80. The van der Waals surface area contributed by atoms with Gasteiger partial charge in [0.25, 0.3) is 0 Å². The smallest absolute Gasteiger partial charge is 0.321 e. The number of likely N-dealkylation sites (tertiary alicyclic amines) is 1. The Kier molecular flexibility index (Phi) is 5.86. The maximum absolute atomic E-state index is 12.8. The summed E-state index contributed by atoms with van der Waals surface area (Å²) in [6.45, 7) is 2.70. The standard InChI is InChI=1S/C22H26N6O/c23-14-19-16-28(26-25-19)15-17-10-12-27(13-11-17)22(29)24-21-9-5-4-8-20(21)18-6-2-1-3-7-18/h1-9,16-17H,10-15,23H2,(H,24,29). The summed E-state index contributed by atoms with van der Waals surface area (Å²) in [5.41, 5.74) is 9.35. The van der Waals surface area contributed by atoms with Gasteiger partial charge in [-0.1, -0.05) is 53.7 Å². The molecule has 4 rings (SSSR count). The van der Waals surface area contributed by atoms with Crippen LogP contribution in [0.4, 0.5) is 10.5 Å². The quantitative estimate of drug-likeness (QED) is 0.699. The number of nitrogens with zero attached hydrogens (tertiary/aromatic N) is 4. The molecule has 0 unspecified atom stereocenters. The molecule has 0 bridgehead atoms. The molecule has 1 aromatic heterocycles. The second-order valence-electron chi connectivity index (χ2n) is 7.41. The first kappa shape index (κ1) is 19.1. The van der Waals surface area contributed by atoms with Gasteiger partial charge in [-0.05, 0) is 30.4 Å². The lowest BCUT2D eigenvalue weighted by Gasteiger charge is -2.32. The van der Waals surface area contributed by atoms with Crippen LogP contribution in [0.2, 0.25) is 0 Å². The van der Waals surface area contributed by atoms with Crippen molar-refractivity contribution in [2.75, 3.05) is 18.4 Å². The van der Waals surface area contributed by atoms with E-state index in [1.165, 1.54) is 0 Å². The Labute approximate surface area is 170 Å². The molecule has 2 aromatic carbocycles. The minimum absolute atomic E-state index is 0.0435. The van der Waals surface area contributed by atoms with Gasteiger partial charge in [-0.3, -0.25) is 4.68 Å². The largest absolute Gasteiger partial charge is 0.325 e. The highest BCUT2D eigenvalue weighted by Crippen LogP contribution is 2.28. The van der Waals surface area contributed by atoms with Crippen LogP contribution in [0.3, 0.4) is 0 Å². The van der Waals surface area contributed by atoms with Crippen molar-refractivity contribution >= 4 is 11.7 Å². The van der Waals surface area contributed by atoms with Gasteiger partial charge in [0.2, 0.25) is 0 Å². The van der Waals surface area contributed by atoms with Crippen LogP contribution >= 0.6 is 0 Å². The summed E-state index contributed by atoms with van der Waals surface area (Å²) < 4.78 is 1.86. The number of piperidine rings is 1. The van der Waals surface area contributed by atoms with E-state index in [0.717, 1.165) is 55.0 Å². The summed E-state index contributed by atoms with van der Waals surface area (Å²) in [4.78, 5) is 14.7. The fraction of sp³-hybridized carbons (Fsp3) is 0.318. The molecule has 3 N–H and O–H groups in total. The first-order valence-corrected chi connectivity index (χ1v) is 10.0. The first-order chi connectivity index (χ1) is 14.2. The molecular formula is C22H26N6O. The van der Waals surface area contributed by atoms with E-state index < -0.39 is 0 Å². The van der Waals surface area contributed by atoms with Crippen molar-refractivity contribution in [3.05, 3.63) is 66.5 Å². The molecule has 7 nitrogen and oxygen atoms in total. The molecule has 1 aliphatic heterocycles. The minimum Gasteiger partial charge on any atom is -0.325 e. The van der Waals surface area contributed by atoms with Crippen molar-refractivity contribution in [1.29, 1.82) is 0 Å². The van der Waals surface area contributed by atoms with Gasteiger partial charge < -0.3 is 16.0 Å². The summed E-state index contributed by atoms with van der Waals surface area (Å²) in [7, 11) is 0. The molecule has 2 heterocycles. The van der Waals surface area contributed by atoms with Gasteiger partial charge in [-0.25, -0.2) is 4.79 Å². The number of nitrogens with two attached hydrogens (primary N) is 1. The average Bonchev–Trinajstić information content (AvgIpc) is 3.23. The highest BCUT2D eigenvalue weighted by molar-refractivity contribution is 5.94. The molecule has 29 heavy (non-hydrogen) atoms. The van der Waals surface area contributed by atoms with E-state index >= 15 is 0 Å². The van der Waals surface area contributed by atoms with Gasteiger partial charge in [0.05, 0.1) is 11.4 Å². The van der Waals surface area contributed by atoms with Crippen molar-refractivity contribution in [2.24, 2.45) is 11.7 Å². The van der Waals surface area contributed by atoms with Crippen LogP contribution in [0.1, 0.15) is 18.5 Å². The first-order valence-electron chi connectivity index (χ1n) is 10.0. The van der Waals surface area contributed by atoms with Crippen LogP contribution in [0.5, 0.6) is 0 Å². The molecule has 2 amide bonds. The molecule has 0 radical (unpaired) electrons. The normalized spacial score (nSPS) is 14.7. The zero-order valence-electron chi connectivity index (χ0n) is 16.4. The van der Waals surface area contributed by atoms with E-state index in [1.54, 1.807) is 0 Å². The third-order valence-electron chi connectivity index (χ3n) is 5.40. The molecule has 0 atom stereocenters. The Morgan fingerprint density at radius 3 is 2.52 bits per heavy atom. The number of para-hydroxylation sites is 1. The third kappa shape index (κ3) is 4.63. The van der Waals surface area contributed by atoms with Crippen LogP contribution in [-0.4, -0.2) is 39.0 Å². The van der Waals surface area contributed by atoms with E-state index in [1.807, 2.05) is 58.2 Å². The predicted octanol–water partition coefficient (Wildman–Crippen LogP) is 3.35. The van der Waals surface area contributed by atoms with Gasteiger partial charge in [0.1, 0.15) is 0 Å². The number of aromatic nitrogens is 3. The third-order valence-corrected chi connectivity index (χ3v) is 5.40. The number of anilines is 1. The maximum atomic E-state index is 12.8. The van der Waals surface area contributed by atoms with Crippen LogP contribution in [-0.2, 0) is 13.1 Å². The molecule has 0 spiro atoms. The molecule has 150 valence electrons. The summed E-state index contributed by atoms with van der Waals surface area (Å²) >= 11 is 0. The maximum Gasteiger partial charge on any atom is 0.321 e. The molecule has 0 saturated carbocycles. The lowest BCUT2D eigenvalue weighted by Crippen LogP contribution is -2.41. The van der Waals surface area contributed by atoms with Gasteiger partial charge in [0.15, 0.2) is 0 Å². The van der Waals surface area contributed by atoms with Gasteiger partial charge >= 0.3 is 6.03 Å². The number of hydrogen-bond donors (Lipinski definition) is 2. The SMILES string of the molecule is NCc1cn(CC2CCN(C(=O)Nc3ccccc3-c3ccccc3)CC2)nn1. The number of nitrogens with one attached hydrogen (secondary N) is 1. The molecule has 0 aliphatic carbocycles. The summed E-state index contributed by atoms with van der Waals surface area (Å²) in [5.74, 6) is 0.489. The minimum atomic E-state index is -0.0435. The topological polar surface area (TPSA) is 89.1 Å². The highest BCUT2D eigenvalue weighted by atomic mass is 16.2. The Bertz CT molecular complexity index is 947. The van der Waals surface area contributed by atoms with E-state index in [0.29, 0.717) is 12.5 Å². The van der Waals surface area contributed by atoms with Gasteiger partial charge in [0, 0.05) is 37.9 Å². The van der Waals surface area contributed by atoms with E-state index in [4.69, 9.17) is 5.73 Å². The van der Waals surface area contributed by atoms with Crippen LogP contribution in [0.15, 0.2) is 60.8 Å². The van der Waals surface area contributed by atoms with Gasteiger partial charge in [-0.2, -0.15) is 0 Å². The van der Waals surface area contributed by atoms with E-state index in [9.17, 15) is 4.79 Å². The molecular weight excluding hydrogens is 364 g/mol. The monoisotopic (exact) mass is 390 g/mol. The zero-order chi connectivity index (χ0) is 20.1. The second-order valence-corrected chi connectivity index (χ2v) is 7.41. The molecule has 1 aliphatic rings. The lowest BCUT2D eigenvalue weighted by atomic mass is 9.97. The predicted molar refractivity (Wildman–Crippen MR) is 113 cm³/mol. The highest BCUT2D eigenvalue weighted by Gasteiger charge is 2.24. The summed E-state index contributed by atoms with van der Waals surface area (Å²) in [5, 5.41) is 11.3. The number of hydrogen-bond acceptors (Lipinski definition) is 4. The molecule has 7 heteroatoms. The fourth-order valence-electron chi connectivity index (χ4n) is 3.76. The second kappa shape index (κ2) is 8.87. The van der Waals surface area contributed by atoms with Crippen molar-refractivity contribution < 1.29 is 4.79 Å². The Hall–Kier alpha value is -3.19. The van der Waals surface area contributed by atoms with Gasteiger partial charge in [-0.15, -0.1) is 5.10 Å². The van der Waals surface area contributed by atoms with Crippen molar-refractivity contribution in [3.63, 3.8) is 0 Å². The van der Waals surface area contributed by atoms with Crippen molar-refractivity contribution in [1.82, 2.24) is 19.9 Å². The average molecular weight is 390 g/mol. The van der Waals surface area contributed by atoms with Crippen molar-refractivity contribution in [2.45, 2.75) is 25.9 Å². The fourth-order valence-corrected chi connectivity index (χ4v) is 3.76. The number of carbonyl (C=O) groups excluding carboxylic acids is 1. The number of rotatable bonds is 5. The lowest BCUT2D eigenvalue weighted by molar-refractivity contribution is 0.175. The van der Waals surface area contributed by atoms with E-state index in [2.05, 4.69) is 27.8 Å². The summed E-state index contributed by atoms with van der Waals surface area (Å²) in [6, 6.07) is 18.0. The molecule has 1 fully saturated rings.